The predicted molar refractivity (Wildman–Crippen MR) is 32.7 cm³/mol. The summed E-state index contributed by atoms with van der Waals surface area (Å²) in [6, 6.07) is 0. The maximum Gasteiger partial charge on any atom is 0.177 e. The van der Waals surface area contributed by atoms with Crippen molar-refractivity contribution in [1.29, 1.82) is 5.26 Å². The molecule has 0 fully saturated rings. The van der Waals surface area contributed by atoms with Crippen LogP contribution in [0.15, 0.2) is 0 Å². The summed E-state index contributed by atoms with van der Waals surface area (Å²) in [7, 11) is 0. The molecule has 58 valence electrons. The van der Waals surface area contributed by atoms with Gasteiger partial charge >= 0.3 is 0 Å². The zero-order valence-corrected chi connectivity index (χ0v) is 5.41. The molecule has 0 saturated carbocycles. The zero-order chi connectivity index (χ0) is 8.04. The Labute approximate surface area is 58.5 Å². The van der Waals surface area contributed by atoms with E-state index < -0.39 is 25.4 Å². The Kier molecular flexibility index (Phi) is 3.72. The third-order valence-corrected chi connectivity index (χ3v) is 1.23. The van der Waals surface area contributed by atoms with Crippen LogP contribution >= 0.6 is 0 Å². The van der Waals surface area contributed by atoms with Crippen LogP contribution in [0.4, 0.5) is 0 Å². The van der Waals surface area contributed by atoms with Crippen LogP contribution in [0.25, 0.3) is 0 Å². The van der Waals surface area contributed by atoms with Gasteiger partial charge in [0.15, 0.2) is 6.19 Å². The fourth-order valence-corrected chi connectivity index (χ4v) is 0.387. The van der Waals surface area contributed by atoms with E-state index in [0.29, 0.717) is 0 Å². The van der Waals surface area contributed by atoms with Crippen molar-refractivity contribution in [3.05, 3.63) is 0 Å². The molecule has 10 heavy (non-hydrogen) atoms. The summed E-state index contributed by atoms with van der Waals surface area (Å²) in [6.07, 6.45) is 1.53. The molecule has 0 aromatic rings. The molecule has 0 atom stereocenters. The Morgan fingerprint density at radius 1 is 1.20 bits per heavy atom. The van der Waals surface area contributed by atoms with Crippen LogP contribution in [0, 0.1) is 11.5 Å². The van der Waals surface area contributed by atoms with Crippen molar-refractivity contribution in [1.82, 2.24) is 5.32 Å². The number of aliphatic hydroxyl groups excluding tert-OH is 3. The monoisotopic (exact) mass is 146 g/mol. The average Bonchev–Trinajstić information content (AvgIpc) is 2.01. The van der Waals surface area contributed by atoms with E-state index in [0.717, 1.165) is 0 Å². The van der Waals surface area contributed by atoms with Gasteiger partial charge in [-0.1, -0.05) is 0 Å². The SMILES string of the molecule is N#CNC(CO)(CO)CO. The van der Waals surface area contributed by atoms with Gasteiger partial charge in [0.1, 0.15) is 5.54 Å². The van der Waals surface area contributed by atoms with Gasteiger partial charge in [0.2, 0.25) is 0 Å². The Morgan fingerprint density at radius 2 is 1.60 bits per heavy atom. The maximum atomic E-state index is 8.57. The highest BCUT2D eigenvalue weighted by atomic mass is 16.3. The van der Waals surface area contributed by atoms with Crippen LogP contribution in [-0.4, -0.2) is 40.7 Å². The lowest BCUT2D eigenvalue weighted by atomic mass is 10.0. The van der Waals surface area contributed by atoms with Crippen LogP contribution in [0.1, 0.15) is 0 Å². The van der Waals surface area contributed by atoms with E-state index in [2.05, 4.69) is 5.32 Å². The first kappa shape index (κ1) is 9.17. The number of nitrogens with one attached hydrogen (secondary N) is 1. The van der Waals surface area contributed by atoms with Crippen LogP contribution in [0.2, 0.25) is 0 Å². The molecule has 0 aromatic carbocycles. The summed E-state index contributed by atoms with van der Waals surface area (Å²) < 4.78 is 0. The fourth-order valence-electron chi connectivity index (χ4n) is 0.387. The second kappa shape index (κ2) is 4.06. The number of hydrogen-bond acceptors (Lipinski definition) is 5. The highest BCUT2D eigenvalue weighted by molar-refractivity contribution is 4.91. The minimum absolute atomic E-state index is 0.479. The molecule has 0 aliphatic rings. The lowest BCUT2D eigenvalue weighted by Crippen LogP contribution is -2.52. The lowest BCUT2D eigenvalue weighted by Gasteiger charge is -2.24. The third-order valence-electron chi connectivity index (χ3n) is 1.23. The van der Waals surface area contributed by atoms with Crippen molar-refractivity contribution in [2.24, 2.45) is 0 Å². The first-order chi connectivity index (χ1) is 4.74. The standard InChI is InChI=1S/C5H10N2O3/c6-4-7-5(1-8,2-9)3-10/h7-10H,1-3H2. The average molecular weight is 146 g/mol. The van der Waals surface area contributed by atoms with E-state index in [4.69, 9.17) is 20.6 Å². The number of rotatable bonds is 4. The molecular formula is C5H10N2O3. The molecule has 0 aliphatic heterocycles. The Balaban J connectivity index is 4.04. The summed E-state index contributed by atoms with van der Waals surface area (Å²) in [5.41, 5.74) is -1.27. The minimum Gasteiger partial charge on any atom is -0.394 e. The minimum atomic E-state index is -1.27. The van der Waals surface area contributed by atoms with Crippen molar-refractivity contribution < 1.29 is 15.3 Å². The van der Waals surface area contributed by atoms with Crippen LogP contribution < -0.4 is 5.32 Å². The molecule has 0 rings (SSSR count). The molecule has 0 aromatic heterocycles. The molecule has 0 spiro atoms. The molecule has 5 nitrogen and oxygen atoms in total. The number of nitriles is 1. The van der Waals surface area contributed by atoms with Crippen molar-refractivity contribution >= 4 is 0 Å². The largest absolute Gasteiger partial charge is 0.394 e. The molecule has 0 radical (unpaired) electrons. The second-order valence-corrected chi connectivity index (χ2v) is 1.99. The topological polar surface area (TPSA) is 96.5 Å². The van der Waals surface area contributed by atoms with Gasteiger partial charge in [-0.15, -0.1) is 0 Å². The van der Waals surface area contributed by atoms with Gasteiger partial charge in [-0.25, -0.2) is 0 Å². The fraction of sp³-hybridized carbons (Fsp3) is 0.800. The van der Waals surface area contributed by atoms with E-state index in [1.54, 1.807) is 0 Å². The second-order valence-electron chi connectivity index (χ2n) is 1.99. The Morgan fingerprint density at radius 3 is 1.70 bits per heavy atom. The van der Waals surface area contributed by atoms with Crippen molar-refractivity contribution in [3.8, 4) is 6.19 Å². The highest BCUT2D eigenvalue weighted by Gasteiger charge is 2.26. The van der Waals surface area contributed by atoms with E-state index in [-0.39, 0.29) is 0 Å². The summed E-state index contributed by atoms with van der Waals surface area (Å²) in [5.74, 6) is 0. The van der Waals surface area contributed by atoms with E-state index in [9.17, 15) is 0 Å². The van der Waals surface area contributed by atoms with E-state index >= 15 is 0 Å². The molecule has 0 unspecified atom stereocenters. The predicted octanol–water partition coefficient (Wildman–Crippen LogP) is -2.23. The normalized spacial score (nSPS) is 10.6. The van der Waals surface area contributed by atoms with E-state index in [1.807, 2.05) is 0 Å². The summed E-state index contributed by atoms with van der Waals surface area (Å²) in [5, 5.41) is 35.9. The zero-order valence-electron chi connectivity index (χ0n) is 5.41. The highest BCUT2D eigenvalue weighted by Crippen LogP contribution is 1.99. The van der Waals surface area contributed by atoms with Gasteiger partial charge in [0, 0.05) is 0 Å². The summed E-state index contributed by atoms with van der Waals surface area (Å²) in [4.78, 5) is 0. The molecule has 4 N–H and O–H groups in total. The Hall–Kier alpha value is -0.830. The summed E-state index contributed by atoms with van der Waals surface area (Å²) in [6.45, 7) is -1.44. The van der Waals surface area contributed by atoms with E-state index in [1.165, 1.54) is 6.19 Å². The number of hydrogen-bond donors (Lipinski definition) is 4. The quantitative estimate of drug-likeness (QED) is 0.266. The molecule has 0 aliphatic carbocycles. The van der Waals surface area contributed by atoms with Crippen molar-refractivity contribution in [3.63, 3.8) is 0 Å². The maximum absolute atomic E-state index is 8.57. The molecule has 0 bridgehead atoms. The van der Waals surface area contributed by atoms with Crippen LogP contribution in [0.5, 0.6) is 0 Å². The molecule has 5 heteroatoms. The molecule has 0 saturated heterocycles. The lowest BCUT2D eigenvalue weighted by molar-refractivity contribution is 0.0535. The van der Waals surface area contributed by atoms with Crippen molar-refractivity contribution in [2.45, 2.75) is 5.54 Å². The van der Waals surface area contributed by atoms with Gasteiger partial charge in [-0.05, 0) is 0 Å². The number of aliphatic hydroxyl groups is 3. The number of nitrogens with zero attached hydrogens (tertiary/aromatic N) is 1. The van der Waals surface area contributed by atoms with Crippen LogP contribution in [-0.2, 0) is 0 Å². The first-order valence-corrected chi connectivity index (χ1v) is 2.73. The molecule has 0 heterocycles. The third kappa shape index (κ3) is 1.84. The van der Waals surface area contributed by atoms with Crippen LogP contribution in [0.3, 0.4) is 0 Å². The van der Waals surface area contributed by atoms with Gasteiger partial charge in [0.05, 0.1) is 19.8 Å². The van der Waals surface area contributed by atoms with Gasteiger partial charge in [-0.2, -0.15) is 5.26 Å². The van der Waals surface area contributed by atoms with Crippen molar-refractivity contribution in [2.75, 3.05) is 19.8 Å². The van der Waals surface area contributed by atoms with Gasteiger partial charge in [-0.3, -0.25) is 0 Å². The summed E-state index contributed by atoms with van der Waals surface area (Å²) >= 11 is 0. The molecular weight excluding hydrogens is 136 g/mol. The molecule has 0 amide bonds. The van der Waals surface area contributed by atoms with Gasteiger partial charge < -0.3 is 20.6 Å². The van der Waals surface area contributed by atoms with Gasteiger partial charge in [0.25, 0.3) is 0 Å². The first-order valence-electron chi connectivity index (χ1n) is 2.73. The Bertz CT molecular complexity index is 119. The smallest absolute Gasteiger partial charge is 0.177 e.